The van der Waals surface area contributed by atoms with Gasteiger partial charge in [-0.25, -0.2) is 4.39 Å². The summed E-state index contributed by atoms with van der Waals surface area (Å²) >= 11 is 11.9. The van der Waals surface area contributed by atoms with Crippen LogP contribution in [0.3, 0.4) is 0 Å². The maximum absolute atomic E-state index is 14.2. The van der Waals surface area contributed by atoms with Crippen LogP contribution in [-0.4, -0.2) is 10.5 Å². The Morgan fingerprint density at radius 2 is 1.81 bits per heavy atom. The highest BCUT2D eigenvalue weighted by Crippen LogP contribution is 2.27. The van der Waals surface area contributed by atoms with Crippen LogP contribution in [0.25, 0.3) is 17.0 Å². The summed E-state index contributed by atoms with van der Waals surface area (Å²) in [6, 6.07) is 20.8. The van der Waals surface area contributed by atoms with Crippen LogP contribution in [-0.2, 0) is 11.3 Å². The molecule has 0 aliphatic heterocycles. The van der Waals surface area contributed by atoms with Gasteiger partial charge in [-0.2, -0.15) is 5.26 Å². The van der Waals surface area contributed by atoms with E-state index in [9.17, 15) is 14.4 Å². The fourth-order valence-electron chi connectivity index (χ4n) is 3.41. The SMILES string of the molecule is N#C/C(=C\c1cn(Cc2ccccc2F)c2ccccc12)C(=O)Nc1ccc(Cl)c(Cl)c1. The molecule has 0 saturated carbocycles. The lowest BCUT2D eigenvalue weighted by molar-refractivity contribution is -0.112. The summed E-state index contributed by atoms with van der Waals surface area (Å²) in [4.78, 5) is 12.7. The molecule has 0 saturated heterocycles. The first-order valence-corrected chi connectivity index (χ1v) is 10.4. The van der Waals surface area contributed by atoms with Crippen molar-refractivity contribution in [2.75, 3.05) is 5.32 Å². The Hall–Kier alpha value is -3.59. The van der Waals surface area contributed by atoms with Crippen LogP contribution in [0.2, 0.25) is 10.0 Å². The molecule has 0 radical (unpaired) electrons. The fraction of sp³-hybridized carbons (Fsp3) is 0.0400. The molecule has 0 fully saturated rings. The molecule has 158 valence electrons. The van der Waals surface area contributed by atoms with Crippen molar-refractivity contribution in [3.8, 4) is 6.07 Å². The maximum atomic E-state index is 14.2. The number of halogens is 3. The van der Waals surface area contributed by atoms with Crippen LogP contribution in [0.4, 0.5) is 10.1 Å². The van der Waals surface area contributed by atoms with Crippen LogP contribution in [0.15, 0.2) is 78.5 Å². The number of rotatable bonds is 5. The third kappa shape index (κ3) is 4.52. The van der Waals surface area contributed by atoms with Crippen molar-refractivity contribution in [3.63, 3.8) is 0 Å². The summed E-state index contributed by atoms with van der Waals surface area (Å²) in [6.45, 7) is 0.318. The molecule has 1 N–H and O–H groups in total. The zero-order valence-corrected chi connectivity index (χ0v) is 18.2. The summed E-state index contributed by atoms with van der Waals surface area (Å²) < 4.78 is 16.1. The molecule has 3 aromatic carbocycles. The van der Waals surface area contributed by atoms with Crippen LogP contribution in [0.5, 0.6) is 0 Å². The average molecular weight is 464 g/mol. The first-order valence-electron chi connectivity index (χ1n) is 9.66. The third-order valence-corrected chi connectivity index (χ3v) is 5.70. The van der Waals surface area contributed by atoms with Gasteiger partial charge in [0.15, 0.2) is 0 Å². The third-order valence-electron chi connectivity index (χ3n) is 4.96. The highest BCUT2D eigenvalue weighted by molar-refractivity contribution is 6.42. The first kappa shape index (κ1) is 21.6. The first-order chi connectivity index (χ1) is 15.5. The monoisotopic (exact) mass is 463 g/mol. The second-order valence-corrected chi connectivity index (χ2v) is 7.89. The molecule has 0 aliphatic rings. The van der Waals surface area contributed by atoms with Crippen LogP contribution < -0.4 is 5.32 Å². The van der Waals surface area contributed by atoms with E-state index >= 15 is 0 Å². The highest BCUT2D eigenvalue weighted by Gasteiger charge is 2.14. The summed E-state index contributed by atoms with van der Waals surface area (Å²) in [5, 5.41) is 13.8. The van der Waals surface area contributed by atoms with Crippen LogP contribution >= 0.6 is 23.2 Å². The number of fused-ring (bicyclic) bond motifs is 1. The van der Waals surface area contributed by atoms with Gasteiger partial charge in [0, 0.05) is 33.9 Å². The lowest BCUT2D eigenvalue weighted by Crippen LogP contribution is -2.13. The number of amides is 1. The smallest absolute Gasteiger partial charge is 0.266 e. The molecule has 7 heteroatoms. The quantitative estimate of drug-likeness (QED) is 0.265. The van der Waals surface area contributed by atoms with Crippen molar-refractivity contribution in [1.82, 2.24) is 4.57 Å². The van der Waals surface area contributed by atoms with Gasteiger partial charge in [0.2, 0.25) is 0 Å². The van der Waals surface area contributed by atoms with E-state index in [1.54, 1.807) is 36.5 Å². The topological polar surface area (TPSA) is 57.8 Å². The number of hydrogen-bond donors (Lipinski definition) is 1. The molecule has 1 aromatic heterocycles. The molecule has 0 spiro atoms. The predicted molar refractivity (Wildman–Crippen MR) is 126 cm³/mol. The Kier molecular flexibility index (Phi) is 6.27. The van der Waals surface area contributed by atoms with Gasteiger partial charge in [-0.05, 0) is 36.4 Å². The standard InChI is InChI=1S/C25H16Cl2FN3O/c26-21-10-9-19(12-22(21)27)30-25(32)17(13-29)11-18-15-31(24-8-4-2-6-20(18)24)14-16-5-1-3-7-23(16)28/h1-12,15H,14H2,(H,30,32)/b17-11+. The maximum Gasteiger partial charge on any atom is 0.266 e. The van der Waals surface area contributed by atoms with Gasteiger partial charge in [0.25, 0.3) is 5.91 Å². The van der Waals surface area contributed by atoms with Gasteiger partial charge >= 0.3 is 0 Å². The Bertz CT molecular complexity index is 1400. The number of nitrogens with zero attached hydrogens (tertiary/aromatic N) is 2. The van der Waals surface area contributed by atoms with Crippen molar-refractivity contribution >= 4 is 51.8 Å². The van der Waals surface area contributed by atoms with Gasteiger partial charge in [0.05, 0.1) is 16.6 Å². The number of aromatic nitrogens is 1. The minimum absolute atomic E-state index is 0.0788. The Labute approximate surface area is 194 Å². The Morgan fingerprint density at radius 1 is 1.06 bits per heavy atom. The molecule has 4 aromatic rings. The van der Waals surface area contributed by atoms with Gasteiger partial charge in [-0.3, -0.25) is 4.79 Å². The van der Waals surface area contributed by atoms with E-state index in [-0.39, 0.29) is 11.4 Å². The minimum Gasteiger partial charge on any atom is -0.342 e. The van der Waals surface area contributed by atoms with E-state index < -0.39 is 5.91 Å². The van der Waals surface area contributed by atoms with Gasteiger partial charge in [0.1, 0.15) is 17.5 Å². The predicted octanol–water partition coefficient (Wildman–Crippen LogP) is 6.68. The van der Waals surface area contributed by atoms with Crippen molar-refractivity contribution < 1.29 is 9.18 Å². The average Bonchev–Trinajstić information content (AvgIpc) is 3.13. The molecule has 4 nitrogen and oxygen atoms in total. The summed E-state index contributed by atoms with van der Waals surface area (Å²) in [5.41, 5.74) is 2.43. The van der Waals surface area contributed by atoms with Crippen LogP contribution in [0, 0.1) is 17.1 Å². The van der Waals surface area contributed by atoms with Crippen molar-refractivity contribution in [1.29, 1.82) is 5.26 Å². The van der Waals surface area contributed by atoms with E-state index in [1.807, 2.05) is 34.9 Å². The minimum atomic E-state index is -0.572. The van der Waals surface area contributed by atoms with E-state index in [1.165, 1.54) is 18.2 Å². The molecular formula is C25H16Cl2FN3O. The second-order valence-electron chi connectivity index (χ2n) is 7.07. The number of nitrogens with one attached hydrogen (secondary N) is 1. The summed E-state index contributed by atoms with van der Waals surface area (Å²) in [6.07, 6.45) is 3.33. The van der Waals surface area contributed by atoms with Gasteiger partial charge < -0.3 is 9.88 Å². The van der Waals surface area contributed by atoms with Crippen molar-refractivity contribution in [2.45, 2.75) is 6.54 Å². The second kappa shape index (κ2) is 9.27. The molecule has 1 heterocycles. The number of para-hydroxylation sites is 1. The Balaban J connectivity index is 1.68. The summed E-state index contributed by atoms with van der Waals surface area (Å²) in [5.74, 6) is -0.863. The number of carbonyl (C=O) groups excluding carboxylic acids is 1. The number of carbonyl (C=O) groups is 1. The van der Waals surface area contributed by atoms with E-state index in [4.69, 9.17) is 23.2 Å². The highest BCUT2D eigenvalue weighted by atomic mass is 35.5. The van der Waals surface area contributed by atoms with Crippen molar-refractivity contribution in [2.24, 2.45) is 0 Å². The van der Waals surface area contributed by atoms with E-state index in [0.29, 0.717) is 33.4 Å². The number of benzene rings is 3. The lowest BCUT2D eigenvalue weighted by atomic mass is 10.1. The van der Waals surface area contributed by atoms with Crippen molar-refractivity contribution in [3.05, 3.63) is 105 Å². The molecule has 0 aliphatic carbocycles. The zero-order chi connectivity index (χ0) is 22.7. The lowest BCUT2D eigenvalue weighted by Gasteiger charge is -2.06. The fourth-order valence-corrected chi connectivity index (χ4v) is 3.71. The van der Waals surface area contributed by atoms with E-state index in [2.05, 4.69) is 5.32 Å². The molecule has 1 amide bonds. The van der Waals surface area contributed by atoms with Gasteiger partial charge in [-0.1, -0.05) is 59.6 Å². The molecule has 0 unspecified atom stereocenters. The molecule has 0 bridgehead atoms. The van der Waals surface area contributed by atoms with E-state index in [0.717, 1.165) is 10.9 Å². The largest absolute Gasteiger partial charge is 0.342 e. The molecular weight excluding hydrogens is 448 g/mol. The van der Waals surface area contributed by atoms with Gasteiger partial charge in [-0.15, -0.1) is 0 Å². The summed E-state index contributed by atoms with van der Waals surface area (Å²) in [7, 11) is 0. The molecule has 0 atom stereocenters. The normalized spacial score (nSPS) is 11.4. The molecule has 4 rings (SSSR count). The number of hydrogen-bond acceptors (Lipinski definition) is 2. The molecule has 32 heavy (non-hydrogen) atoms. The number of anilines is 1. The zero-order valence-electron chi connectivity index (χ0n) is 16.6. The number of nitriles is 1. The Morgan fingerprint density at radius 3 is 2.56 bits per heavy atom. The van der Waals surface area contributed by atoms with Crippen LogP contribution in [0.1, 0.15) is 11.1 Å².